The fourth-order valence-electron chi connectivity index (χ4n) is 3.50. The first-order valence-electron chi connectivity index (χ1n) is 10.3. The van der Waals surface area contributed by atoms with Crippen molar-refractivity contribution in [3.63, 3.8) is 0 Å². The number of hydrogen-bond acceptors (Lipinski definition) is 6. The van der Waals surface area contributed by atoms with Crippen LogP contribution in [0, 0.1) is 6.92 Å². The van der Waals surface area contributed by atoms with Gasteiger partial charge in [-0.2, -0.15) is 0 Å². The van der Waals surface area contributed by atoms with Crippen LogP contribution < -0.4 is 21.3 Å². The summed E-state index contributed by atoms with van der Waals surface area (Å²) < 4.78 is 28.2. The molecule has 1 saturated carbocycles. The number of sulfonamides is 1. The van der Waals surface area contributed by atoms with Crippen molar-refractivity contribution in [1.82, 2.24) is 14.5 Å². The van der Waals surface area contributed by atoms with Crippen molar-refractivity contribution in [2.45, 2.75) is 39.2 Å². The molecule has 2 heterocycles. The molecule has 3 N–H and O–H groups in total. The van der Waals surface area contributed by atoms with E-state index in [0.29, 0.717) is 23.4 Å². The highest BCUT2D eigenvalue weighted by Gasteiger charge is 2.28. The molecule has 1 aliphatic carbocycles. The number of carbonyl (C=O) groups excluding carboxylic acids is 1. The van der Waals surface area contributed by atoms with Crippen LogP contribution in [0.15, 0.2) is 40.1 Å². The SMILES string of the molecule is CCCS(=O)(=O)Nc1cccc(NC(=O)c2cnc3c(c2)c(=O)[nH]c(=O)n3C2CC2)c1C. The standard InChI is InChI=1S/C21H23N5O5S/c1-3-9-32(30,31)25-17-6-4-5-16(12(17)2)23-19(27)13-10-15-18(22-11-13)26(14-7-8-14)21(29)24-20(15)28/h4-6,10-11,14,25H,3,7-9H2,1-2H3,(H,23,27)(H,24,28,29). The Hall–Kier alpha value is -3.47. The molecule has 0 bridgehead atoms. The van der Waals surface area contributed by atoms with Gasteiger partial charge in [-0.1, -0.05) is 13.0 Å². The van der Waals surface area contributed by atoms with Gasteiger partial charge in [0.15, 0.2) is 0 Å². The zero-order chi connectivity index (χ0) is 23.0. The number of pyridine rings is 1. The van der Waals surface area contributed by atoms with E-state index in [4.69, 9.17) is 0 Å². The zero-order valence-electron chi connectivity index (χ0n) is 17.6. The van der Waals surface area contributed by atoms with Crippen molar-refractivity contribution in [3.8, 4) is 0 Å². The van der Waals surface area contributed by atoms with Gasteiger partial charge in [0.1, 0.15) is 5.65 Å². The molecule has 0 radical (unpaired) electrons. The Morgan fingerprint density at radius 1 is 1.25 bits per heavy atom. The predicted octanol–water partition coefficient (Wildman–Crippen LogP) is 2.13. The second kappa shape index (κ2) is 8.23. The molecule has 3 aromatic rings. The minimum atomic E-state index is -3.48. The maximum absolute atomic E-state index is 12.8. The first kappa shape index (κ1) is 21.8. The average molecular weight is 458 g/mol. The van der Waals surface area contributed by atoms with Crippen molar-refractivity contribution in [1.29, 1.82) is 0 Å². The lowest BCUT2D eigenvalue weighted by molar-refractivity contribution is 0.102. The van der Waals surface area contributed by atoms with Gasteiger partial charge in [0.25, 0.3) is 11.5 Å². The third kappa shape index (κ3) is 4.28. The lowest BCUT2D eigenvalue weighted by Gasteiger charge is -2.14. The van der Waals surface area contributed by atoms with Crippen LogP contribution in [0.1, 0.15) is 48.1 Å². The van der Waals surface area contributed by atoms with Crippen LogP contribution in [0.25, 0.3) is 11.0 Å². The summed E-state index contributed by atoms with van der Waals surface area (Å²) in [4.78, 5) is 43.8. The molecule has 1 fully saturated rings. The molecule has 0 unspecified atom stereocenters. The second-order valence-corrected chi connectivity index (χ2v) is 9.65. The van der Waals surface area contributed by atoms with E-state index >= 15 is 0 Å². The molecule has 4 rings (SSSR count). The lowest BCUT2D eigenvalue weighted by atomic mass is 10.1. The van der Waals surface area contributed by atoms with Crippen molar-refractivity contribution in [2.24, 2.45) is 0 Å². The maximum atomic E-state index is 12.8. The summed E-state index contributed by atoms with van der Waals surface area (Å²) in [6.45, 7) is 3.46. The molecular formula is C21H23N5O5S. The first-order chi connectivity index (χ1) is 15.2. The molecule has 0 atom stereocenters. The largest absolute Gasteiger partial charge is 0.330 e. The smallest absolute Gasteiger partial charge is 0.322 e. The molecule has 1 aromatic carbocycles. The minimum absolute atomic E-state index is 0.00768. The monoisotopic (exact) mass is 457 g/mol. The highest BCUT2D eigenvalue weighted by molar-refractivity contribution is 7.92. The normalized spacial score (nSPS) is 13.8. The van der Waals surface area contributed by atoms with Crippen LogP contribution >= 0.6 is 0 Å². The highest BCUT2D eigenvalue weighted by atomic mass is 32.2. The van der Waals surface area contributed by atoms with E-state index in [0.717, 1.165) is 12.8 Å². The summed E-state index contributed by atoms with van der Waals surface area (Å²) in [6, 6.07) is 6.31. The van der Waals surface area contributed by atoms with Crippen LogP contribution in [0.3, 0.4) is 0 Å². The van der Waals surface area contributed by atoms with Gasteiger partial charge in [-0.25, -0.2) is 18.2 Å². The summed E-state index contributed by atoms with van der Waals surface area (Å²) >= 11 is 0. The topological polar surface area (TPSA) is 143 Å². The van der Waals surface area contributed by atoms with Crippen molar-refractivity contribution < 1.29 is 13.2 Å². The fourth-order valence-corrected chi connectivity index (χ4v) is 4.69. The van der Waals surface area contributed by atoms with E-state index < -0.39 is 27.2 Å². The number of nitrogens with zero attached hydrogens (tertiary/aromatic N) is 2. The Balaban J connectivity index is 1.64. The highest BCUT2D eigenvalue weighted by Crippen LogP contribution is 2.34. The van der Waals surface area contributed by atoms with Gasteiger partial charge in [0, 0.05) is 17.9 Å². The van der Waals surface area contributed by atoms with Crippen LogP contribution in [0.2, 0.25) is 0 Å². The summed E-state index contributed by atoms with van der Waals surface area (Å²) in [5.74, 6) is -0.522. The van der Waals surface area contributed by atoms with Crippen LogP contribution in [-0.4, -0.2) is 34.6 Å². The van der Waals surface area contributed by atoms with Gasteiger partial charge < -0.3 is 5.32 Å². The number of H-pyrrole nitrogens is 1. The molecule has 11 heteroatoms. The molecule has 2 aromatic heterocycles. The van der Waals surface area contributed by atoms with Gasteiger partial charge >= 0.3 is 5.69 Å². The number of nitrogens with one attached hydrogen (secondary N) is 3. The molecule has 0 saturated heterocycles. The lowest BCUT2D eigenvalue weighted by Crippen LogP contribution is -2.30. The van der Waals surface area contributed by atoms with Crippen LogP contribution in [0.5, 0.6) is 0 Å². The number of aromatic nitrogens is 3. The molecular weight excluding hydrogens is 434 g/mol. The van der Waals surface area contributed by atoms with Gasteiger partial charge in [-0.15, -0.1) is 0 Å². The molecule has 1 amide bonds. The first-order valence-corrected chi connectivity index (χ1v) is 11.9. The van der Waals surface area contributed by atoms with Gasteiger partial charge in [-0.3, -0.25) is 23.9 Å². The van der Waals surface area contributed by atoms with E-state index in [1.807, 2.05) is 0 Å². The number of anilines is 2. The second-order valence-electron chi connectivity index (χ2n) is 7.81. The summed E-state index contributed by atoms with van der Waals surface area (Å²) in [6.07, 6.45) is 3.47. The molecule has 10 nitrogen and oxygen atoms in total. The Kier molecular flexibility index (Phi) is 5.59. The van der Waals surface area contributed by atoms with Crippen LogP contribution in [0.4, 0.5) is 11.4 Å². The van der Waals surface area contributed by atoms with E-state index in [1.165, 1.54) is 16.8 Å². The zero-order valence-corrected chi connectivity index (χ0v) is 18.5. The molecule has 32 heavy (non-hydrogen) atoms. The Morgan fingerprint density at radius 3 is 2.66 bits per heavy atom. The number of aromatic amines is 1. The van der Waals surface area contributed by atoms with Crippen molar-refractivity contribution in [3.05, 3.63) is 62.4 Å². The number of rotatable bonds is 7. The fraction of sp³-hybridized carbons (Fsp3) is 0.333. The maximum Gasteiger partial charge on any atom is 0.330 e. The number of carbonyl (C=O) groups is 1. The van der Waals surface area contributed by atoms with Crippen molar-refractivity contribution in [2.75, 3.05) is 15.8 Å². The summed E-state index contributed by atoms with van der Waals surface area (Å²) in [5.41, 5.74) is 0.623. The predicted molar refractivity (Wildman–Crippen MR) is 122 cm³/mol. The number of amides is 1. The molecule has 168 valence electrons. The Morgan fingerprint density at radius 2 is 1.97 bits per heavy atom. The van der Waals surface area contributed by atoms with E-state index in [9.17, 15) is 22.8 Å². The third-order valence-corrected chi connectivity index (χ3v) is 6.75. The van der Waals surface area contributed by atoms with E-state index in [-0.39, 0.29) is 28.4 Å². The Bertz CT molecular complexity index is 1440. The molecule has 0 spiro atoms. The van der Waals surface area contributed by atoms with Crippen LogP contribution in [-0.2, 0) is 10.0 Å². The number of benzene rings is 1. The Labute approximate surface area is 183 Å². The van der Waals surface area contributed by atoms with Gasteiger partial charge in [0.05, 0.1) is 22.4 Å². The minimum Gasteiger partial charge on any atom is -0.322 e. The molecule has 1 aliphatic rings. The van der Waals surface area contributed by atoms with E-state index in [2.05, 4.69) is 20.0 Å². The number of hydrogen-bond donors (Lipinski definition) is 3. The summed E-state index contributed by atoms with van der Waals surface area (Å²) in [7, 11) is -3.48. The average Bonchev–Trinajstić information content (AvgIpc) is 3.55. The van der Waals surface area contributed by atoms with Gasteiger partial charge in [0.2, 0.25) is 10.0 Å². The van der Waals surface area contributed by atoms with Crippen molar-refractivity contribution >= 4 is 38.3 Å². The van der Waals surface area contributed by atoms with E-state index in [1.54, 1.807) is 32.0 Å². The summed E-state index contributed by atoms with van der Waals surface area (Å²) in [5, 5.41) is 2.89. The third-order valence-electron chi connectivity index (χ3n) is 5.27. The number of fused-ring (bicyclic) bond motifs is 1. The van der Waals surface area contributed by atoms with Gasteiger partial charge in [-0.05, 0) is 49.9 Å². The molecule has 0 aliphatic heterocycles. The quantitative estimate of drug-likeness (QED) is 0.496.